The Kier molecular flexibility index (Phi) is 7.49. The van der Waals surface area contributed by atoms with Crippen LogP contribution in [0.1, 0.15) is 52.3 Å². The van der Waals surface area contributed by atoms with Gasteiger partial charge in [0.2, 0.25) is 0 Å². The van der Waals surface area contributed by atoms with E-state index in [1.54, 1.807) is 55.5 Å². The van der Waals surface area contributed by atoms with Gasteiger partial charge in [0.15, 0.2) is 5.13 Å². The van der Waals surface area contributed by atoms with Crippen LogP contribution in [0.25, 0.3) is 5.76 Å². The lowest BCUT2D eigenvalue weighted by Crippen LogP contribution is -2.29. The Morgan fingerprint density at radius 2 is 1.81 bits per heavy atom. The summed E-state index contributed by atoms with van der Waals surface area (Å²) in [4.78, 5) is 44.5. The number of thiazole rings is 1. The summed E-state index contributed by atoms with van der Waals surface area (Å²) in [5, 5.41) is 11.4. The lowest BCUT2D eigenvalue weighted by molar-refractivity contribution is -0.132. The summed E-state index contributed by atoms with van der Waals surface area (Å²) in [6, 6.07) is 14.7. The molecular weight excluding hydrogens is 480 g/mol. The Morgan fingerprint density at radius 3 is 2.44 bits per heavy atom. The highest BCUT2D eigenvalue weighted by atomic mass is 32.1. The van der Waals surface area contributed by atoms with Crippen molar-refractivity contribution in [3.63, 3.8) is 0 Å². The van der Waals surface area contributed by atoms with Crippen molar-refractivity contribution < 1.29 is 29.0 Å². The van der Waals surface area contributed by atoms with E-state index >= 15 is 0 Å². The fourth-order valence-corrected chi connectivity index (χ4v) is 4.96. The standard InChI is InChI=1S/C27H26N2O6S/c1-4-5-15-35-19-13-11-18(12-14-19)22(30)20-21(17-9-7-6-8-10-17)29(25(32)23(20)31)27-28-16(2)24(36-27)26(33)34-3/h6-14,21,30H,4-5,15H2,1-3H3/b22-20-. The number of nitrogens with zero attached hydrogens (tertiary/aromatic N) is 2. The van der Waals surface area contributed by atoms with E-state index in [2.05, 4.69) is 11.9 Å². The number of carbonyl (C=O) groups excluding carboxylic acids is 3. The Hall–Kier alpha value is -3.98. The number of ketones is 1. The molecule has 1 aliphatic rings. The first-order chi connectivity index (χ1) is 17.4. The van der Waals surface area contributed by atoms with E-state index in [4.69, 9.17) is 9.47 Å². The summed E-state index contributed by atoms with van der Waals surface area (Å²) in [6.45, 7) is 4.29. The van der Waals surface area contributed by atoms with E-state index in [9.17, 15) is 19.5 Å². The minimum atomic E-state index is -0.928. The van der Waals surface area contributed by atoms with Crippen molar-refractivity contribution in [2.75, 3.05) is 18.6 Å². The number of aliphatic hydroxyl groups is 1. The first-order valence-electron chi connectivity index (χ1n) is 11.5. The Bertz CT molecular complexity index is 1310. The maximum Gasteiger partial charge on any atom is 0.350 e. The van der Waals surface area contributed by atoms with Gasteiger partial charge >= 0.3 is 11.9 Å². The molecular formula is C27H26N2O6S. The van der Waals surface area contributed by atoms with Crippen molar-refractivity contribution in [1.82, 2.24) is 4.98 Å². The third-order valence-electron chi connectivity index (χ3n) is 5.82. The second-order valence-corrected chi connectivity index (χ2v) is 9.19. The molecule has 1 N–H and O–H groups in total. The number of amides is 1. The molecule has 1 saturated heterocycles. The number of anilines is 1. The Morgan fingerprint density at radius 1 is 1.11 bits per heavy atom. The van der Waals surface area contributed by atoms with Crippen molar-refractivity contribution in [2.24, 2.45) is 0 Å². The average molecular weight is 507 g/mol. The summed E-state index contributed by atoms with van der Waals surface area (Å²) >= 11 is 0.961. The number of ether oxygens (including phenoxy) is 2. The van der Waals surface area contributed by atoms with Crippen LogP contribution in [-0.2, 0) is 14.3 Å². The second kappa shape index (κ2) is 10.7. The predicted octanol–water partition coefficient (Wildman–Crippen LogP) is 5.04. The van der Waals surface area contributed by atoms with Crippen molar-refractivity contribution in [3.8, 4) is 5.75 Å². The van der Waals surface area contributed by atoms with Crippen LogP contribution in [0.5, 0.6) is 5.75 Å². The highest BCUT2D eigenvalue weighted by molar-refractivity contribution is 7.17. The molecule has 4 rings (SSSR count). The maximum absolute atomic E-state index is 13.3. The highest BCUT2D eigenvalue weighted by Gasteiger charge is 2.48. The number of rotatable bonds is 8. The van der Waals surface area contributed by atoms with Crippen molar-refractivity contribution >= 4 is 39.9 Å². The SMILES string of the molecule is CCCCOc1ccc(/C(O)=C2/C(=O)C(=O)N(c3nc(C)c(C(=O)OC)s3)C2c2ccccc2)cc1. The minimum Gasteiger partial charge on any atom is -0.507 e. The zero-order valence-corrected chi connectivity index (χ0v) is 21.0. The lowest BCUT2D eigenvalue weighted by Gasteiger charge is -2.23. The molecule has 0 radical (unpaired) electrons. The van der Waals surface area contributed by atoms with E-state index in [1.807, 2.05) is 6.07 Å². The number of hydrogen-bond donors (Lipinski definition) is 1. The summed E-state index contributed by atoms with van der Waals surface area (Å²) in [6.07, 6.45) is 1.94. The molecule has 1 unspecified atom stereocenters. The number of hydrogen-bond acceptors (Lipinski definition) is 8. The average Bonchev–Trinajstić information content (AvgIpc) is 3.40. The van der Waals surface area contributed by atoms with Gasteiger partial charge in [-0.1, -0.05) is 55.0 Å². The van der Waals surface area contributed by atoms with Gasteiger partial charge in [0, 0.05) is 5.56 Å². The van der Waals surface area contributed by atoms with E-state index in [1.165, 1.54) is 12.0 Å². The number of esters is 1. The molecule has 186 valence electrons. The molecule has 2 heterocycles. The summed E-state index contributed by atoms with van der Waals surface area (Å²) in [7, 11) is 1.26. The highest BCUT2D eigenvalue weighted by Crippen LogP contribution is 2.43. The zero-order valence-electron chi connectivity index (χ0n) is 20.2. The van der Waals surface area contributed by atoms with Gasteiger partial charge in [0.25, 0.3) is 5.78 Å². The minimum absolute atomic E-state index is 0.0571. The molecule has 0 saturated carbocycles. The maximum atomic E-state index is 13.3. The second-order valence-electron chi connectivity index (χ2n) is 8.21. The molecule has 1 atom stereocenters. The summed E-state index contributed by atoms with van der Waals surface area (Å²) < 4.78 is 10.5. The van der Waals surface area contributed by atoms with E-state index in [0.29, 0.717) is 29.2 Å². The van der Waals surface area contributed by atoms with Gasteiger partial charge in [0.1, 0.15) is 16.4 Å². The van der Waals surface area contributed by atoms with Crippen LogP contribution in [0.3, 0.4) is 0 Å². The molecule has 8 nitrogen and oxygen atoms in total. The van der Waals surface area contributed by atoms with Gasteiger partial charge in [-0.15, -0.1) is 0 Å². The molecule has 0 spiro atoms. The quantitative estimate of drug-likeness (QED) is 0.150. The largest absolute Gasteiger partial charge is 0.507 e. The predicted molar refractivity (Wildman–Crippen MR) is 136 cm³/mol. The van der Waals surface area contributed by atoms with E-state index in [-0.39, 0.29) is 21.3 Å². The molecule has 9 heteroatoms. The van der Waals surface area contributed by atoms with E-state index < -0.39 is 23.7 Å². The number of carbonyl (C=O) groups is 3. The Labute approximate surface area is 212 Å². The third-order valence-corrected chi connectivity index (χ3v) is 6.95. The number of aliphatic hydroxyl groups excluding tert-OH is 1. The van der Waals surface area contributed by atoms with Crippen LogP contribution < -0.4 is 9.64 Å². The molecule has 1 aliphatic heterocycles. The number of benzene rings is 2. The number of Topliss-reactive ketones (excluding diaryl/α,β-unsaturated/α-hetero) is 1. The molecule has 1 aromatic heterocycles. The van der Waals surface area contributed by atoms with Crippen LogP contribution >= 0.6 is 11.3 Å². The van der Waals surface area contributed by atoms with Gasteiger partial charge in [-0.3, -0.25) is 14.5 Å². The summed E-state index contributed by atoms with van der Waals surface area (Å²) in [5.74, 6) is -1.91. The molecule has 1 amide bonds. The molecule has 3 aromatic rings. The van der Waals surface area contributed by atoms with Crippen LogP contribution in [0.4, 0.5) is 5.13 Å². The zero-order chi connectivity index (χ0) is 25.8. The van der Waals surface area contributed by atoms with Crippen molar-refractivity contribution in [1.29, 1.82) is 0 Å². The monoisotopic (exact) mass is 506 g/mol. The topological polar surface area (TPSA) is 106 Å². The van der Waals surface area contributed by atoms with Crippen LogP contribution in [0, 0.1) is 6.92 Å². The van der Waals surface area contributed by atoms with Gasteiger partial charge < -0.3 is 14.6 Å². The van der Waals surface area contributed by atoms with Gasteiger partial charge in [-0.2, -0.15) is 0 Å². The van der Waals surface area contributed by atoms with Gasteiger partial charge in [-0.05, 0) is 43.2 Å². The van der Waals surface area contributed by atoms with Crippen LogP contribution in [0.2, 0.25) is 0 Å². The summed E-state index contributed by atoms with van der Waals surface area (Å²) in [5.41, 5.74) is 1.32. The van der Waals surface area contributed by atoms with Gasteiger partial charge in [0.05, 0.1) is 31.0 Å². The molecule has 2 aromatic carbocycles. The first kappa shape index (κ1) is 25.1. The van der Waals surface area contributed by atoms with Gasteiger partial charge in [-0.25, -0.2) is 9.78 Å². The normalized spacial score (nSPS) is 16.9. The Balaban J connectivity index is 1.80. The van der Waals surface area contributed by atoms with Crippen molar-refractivity contribution in [3.05, 3.63) is 81.9 Å². The fourth-order valence-electron chi connectivity index (χ4n) is 3.95. The molecule has 1 fully saturated rings. The fraction of sp³-hybridized carbons (Fsp3) is 0.259. The van der Waals surface area contributed by atoms with Crippen LogP contribution in [0.15, 0.2) is 60.2 Å². The molecule has 0 aliphatic carbocycles. The number of methoxy groups -OCH3 is 1. The number of unbranched alkanes of at least 4 members (excludes halogenated alkanes) is 1. The number of aromatic nitrogens is 1. The molecule has 36 heavy (non-hydrogen) atoms. The van der Waals surface area contributed by atoms with E-state index in [0.717, 1.165) is 24.2 Å². The molecule has 0 bridgehead atoms. The first-order valence-corrected chi connectivity index (χ1v) is 12.3. The van der Waals surface area contributed by atoms with Crippen LogP contribution in [-0.4, -0.2) is 41.5 Å². The number of aryl methyl sites for hydroxylation is 1. The lowest BCUT2D eigenvalue weighted by atomic mass is 9.95. The smallest absolute Gasteiger partial charge is 0.350 e. The third kappa shape index (κ3) is 4.74. The van der Waals surface area contributed by atoms with Crippen molar-refractivity contribution in [2.45, 2.75) is 32.7 Å².